The van der Waals surface area contributed by atoms with E-state index in [1.165, 1.54) is 36.6 Å². The number of nitro groups is 1. The molecular formula is C27H29ClF2N4O7S. The van der Waals surface area contributed by atoms with Crippen LogP contribution in [0.3, 0.4) is 0 Å². The largest absolute Gasteiger partial charge is 0.493 e. The molecule has 15 heteroatoms. The first-order chi connectivity index (χ1) is 19.6. The van der Waals surface area contributed by atoms with Crippen molar-refractivity contribution >= 4 is 33.1 Å². The number of benzene rings is 2. The van der Waals surface area contributed by atoms with E-state index in [1.807, 2.05) is 0 Å². The number of aromatic nitrogens is 2. The zero-order valence-electron chi connectivity index (χ0n) is 23.3. The van der Waals surface area contributed by atoms with Crippen LogP contribution in [0.25, 0.3) is 11.3 Å². The van der Waals surface area contributed by atoms with Gasteiger partial charge in [-0.15, -0.1) is 4.36 Å². The van der Waals surface area contributed by atoms with Crippen molar-refractivity contribution in [3.63, 3.8) is 0 Å². The molecule has 3 aromatic rings. The standard InChI is InChI=1S/C27H29ClF2N4O7S/c1-27(2,3)41-26(35)33-42(4,38)16-17-11-19(34(36)37)14-20(12-17)39-9-5-6-10-40-23-13-18(7-8-21(23)29)24-22(30)15-31-25(28)32-24/h7-8,11-15H,5-6,9-10,16H2,1-4H3. The lowest BCUT2D eigenvalue weighted by atomic mass is 10.1. The summed E-state index contributed by atoms with van der Waals surface area (Å²) in [5.41, 5.74) is -0.651. The van der Waals surface area contributed by atoms with Crippen LogP contribution < -0.4 is 9.47 Å². The third-order valence-electron chi connectivity index (χ3n) is 5.24. The maximum absolute atomic E-state index is 14.3. The van der Waals surface area contributed by atoms with E-state index in [4.69, 9.17) is 25.8 Å². The molecule has 2 aromatic carbocycles. The van der Waals surface area contributed by atoms with Gasteiger partial charge < -0.3 is 14.2 Å². The molecule has 42 heavy (non-hydrogen) atoms. The van der Waals surface area contributed by atoms with Gasteiger partial charge in [0.1, 0.15) is 17.0 Å². The first kappa shape index (κ1) is 32.6. The number of rotatable bonds is 11. The minimum Gasteiger partial charge on any atom is -0.493 e. The molecule has 3 rings (SSSR count). The van der Waals surface area contributed by atoms with Gasteiger partial charge in [0.25, 0.3) is 5.69 Å². The fraction of sp³-hybridized carbons (Fsp3) is 0.370. The highest BCUT2D eigenvalue weighted by molar-refractivity contribution is 7.92. The Labute approximate surface area is 246 Å². The molecule has 0 aliphatic rings. The Morgan fingerprint density at radius 3 is 2.45 bits per heavy atom. The molecule has 0 N–H and O–H groups in total. The van der Waals surface area contributed by atoms with Gasteiger partial charge in [-0.05, 0) is 75.0 Å². The predicted octanol–water partition coefficient (Wildman–Crippen LogP) is 6.75. The quantitative estimate of drug-likeness (QED) is 0.0976. The lowest BCUT2D eigenvalue weighted by Gasteiger charge is -2.17. The van der Waals surface area contributed by atoms with Crippen molar-refractivity contribution in [2.75, 3.05) is 19.5 Å². The zero-order valence-corrected chi connectivity index (χ0v) is 24.8. The molecule has 1 amide bonds. The fourth-order valence-electron chi connectivity index (χ4n) is 3.58. The molecule has 1 heterocycles. The molecule has 226 valence electrons. The Bertz CT molecular complexity index is 1590. The van der Waals surface area contributed by atoms with Gasteiger partial charge in [-0.2, -0.15) is 0 Å². The third-order valence-corrected chi connectivity index (χ3v) is 6.83. The molecule has 0 radical (unpaired) electrons. The molecule has 0 saturated carbocycles. The van der Waals surface area contributed by atoms with Gasteiger partial charge in [0.05, 0.1) is 45.9 Å². The molecule has 0 fully saturated rings. The minimum absolute atomic E-state index is 0.0954. The van der Waals surface area contributed by atoms with Crippen molar-refractivity contribution in [1.29, 1.82) is 0 Å². The second kappa shape index (κ2) is 13.8. The summed E-state index contributed by atoms with van der Waals surface area (Å²) in [6.07, 6.45) is 2.05. The Hall–Kier alpha value is -3.91. The van der Waals surface area contributed by atoms with Crippen molar-refractivity contribution in [1.82, 2.24) is 9.97 Å². The summed E-state index contributed by atoms with van der Waals surface area (Å²) in [7, 11) is -3.11. The van der Waals surface area contributed by atoms with Crippen molar-refractivity contribution in [3.05, 3.63) is 75.2 Å². The molecule has 1 aromatic heterocycles. The number of nitrogens with zero attached hydrogens (tertiary/aromatic N) is 4. The van der Waals surface area contributed by atoms with Crippen molar-refractivity contribution in [2.24, 2.45) is 4.36 Å². The van der Waals surface area contributed by atoms with Crippen LogP contribution in [0.4, 0.5) is 19.3 Å². The number of non-ortho nitro benzene ring substituents is 1. The van der Waals surface area contributed by atoms with E-state index in [0.717, 1.165) is 12.3 Å². The maximum Gasteiger partial charge on any atom is 0.442 e. The maximum atomic E-state index is 14.3. The second-order valence-corrected chi connectivity index (χ2v) is 12.9. The second-order valence-electron chi connectivity index (χ2n) is 10.2. The molecule has 11 nitrogen and oxygen atoms in total. The van der Waals surface area contributed by atoms with Gasteiger partial charge >= 0.3 is 6.09 Å². The Balaban J connectivity index is 1.59. The van der Waals surface area contributed by atoms with Gasteiger partial charge in [0.15, 0.2) is 17.4 Å². The highest BCUT2D eigenvalue weighted by Crippen LogP contribution is 2.28. The Kier molecular flexibility index (Phi) is 10.7. The topological polar surface area (TPSA) is 143 Å². The molecule has 1 unspecified atom stereocenters. The highest BCUT2D eigenvalue weighted by atomic mass is 35.5. The minimum atomic E-state index is -3.11. The van der Waals surface area contributed by atoms with E-state index in [-0.39, 0.29) is 52.7 Å². The van der Waals surface area contributed by atoms with Gasteiger partial charge in [-0.3, -0.25) is 10.1 Å². The zero-order chi connectivity index (χ0) is 31.1. The number of unbranched alkanes of at least 4 members (excludes halogenated alkanes) is 1. The van der Waals surface area contributed by atoms with Crippen LogP contribution in [-0.2, 0) is 20.2 Å². The predicted molar refractivity (Wildman–Crippen MR) is 152 cm³/mol. The van der Waals surface area contributed by atoms with Crippen LogP contribution in [0.5, 0.6) is 11.5 Å². The first-order valence-electron chi connectivity index (χ1n) is 12.6. The Morgan fingerprint density at radius 2 is 1.79 bits per heavy atom. The smallest absolute Gasteiger partial charge is 0.442 e. The number of hydrogen-bond donors (Lipinski definition) is 0. The number of hydrogen-bond acceptors (Lipinski definition) is 9. The van der Waals surface area contributed by atoms with Gasteiger partial charge in [0.2, 0.25) is 5.28 Å². The number of nitro benzene ring substituents is 1. The summed E-state index contributed by atoms with van der Waals surface area (Å²) in [6, 6.07) is 7.71. The Morgan fingerprint density at radius 1 is 1.10 bits per heavy atom. The van der Waals surface area contributed by atoms with E-state index in [0.29, 0.717) is 18.4 Å². The lowest BCUT2D eigenvalue weighted by molar-refractivity contribution is -0.385. The molecule has 0 aliphatic carbocycles. The van der Waals surface area contributed by atoms with Crippen LogP contribution in [0.1, 0.15) is 39.2 Å². The lowest BCUT2D eigenvalue weighted by Crippen LogP contribution is -2.22. The van der Waals surface area contributed by atoms with E-state index in [9.17, 15) is 27.9 Å². The summed E-state index contributed by atoms with van der Waals surface area (Å²) in [6.45, 7) is 5.17. The van der Waals surface area contributed by atoms with Crippen LogP contribution in [0.15, 0.2) is 47.0 Å². The van der Waals surface area contributed by atoms with Crippen LogP contribution in [0.2, 0.25) is 5.28 Å². The normalized spacial score (nSPS) is 12.7. The molecule has 0 spiro atoms. The van der Waals surface area contributed by atoms with Gasteiger partial charge in [-0.1, -0.05) is 0 Å². The SMILES string of the molecule is CC(C)(C)OC(=O)N=S(C)(=O)Cc1cc(OCCCCOc2cc(-c3nc(Cl)ncc3F)ccc2F)cc([N+](=O)[O-])c1. The highest BCUT2D eigenvalue weighted by Gasteiger charge is 2.19. The third kappa shape index (κ3) is 10.2. The van der Waals surface area contributed by atoms with E-state index in [1.54, 1.807) is 20.8 Å². The van der Waals surface area contributed by atoms with E-state index >= 15 is 0 Å². The average Bonchev–Trinajstić information content (AvgIpc) is 2.86. The van der Waals surface area contributed by atoms with E-state index < -0.39 is 38.0 Å². The van der Waals surface area contributed by atoms with Crippen molar-refractivity contribution < 1.29 is 36.9 Å². The molecule has 0 saturated heterocycles. The molecular weight excluding hydrogens is 598 g/mol. The van der Waals surface area contributed by atoms with Crippen LogP contribution in [0, 0.1) is 21.7 Å². The fourth-order valence-corrected chi connectivity index (χ4v) is 4.92. The number of halogens is 3. The summed E-state index contributed by atoms with van der Waals surface area (Å²) < 4.78 is 61.1. The molecule has 0 bridgehead atoms. The van der Waals surface area contributed by atoms with Gasteiger partial charge in [-0.25, -0.2) is 27.8 Å². The first-order valence-corrected chi connectivity index (χ1v) is 15.0. The van der Waals surface area contributed by atoms with Gasteiger partial charge in [0, 0.05) is 17.9 Å². The van der Waals surface area contributed by atoms with E-state index in [2.05, 4.69) is 14.3 Å². The summed E-state index contributed by atoms with van der Waals surface area (Å²) >= 11 is 5.74. The van der Waals surface area contributed by atoms with Crippen LogP contribution >= 0.6 is 11.6 Å². The summed E-state index contributed by atoms with van der Waals surface area (Å²) in [5.74, 6) is -1.56. The molecule has 0 aliphatic heterocycles. The summed E-state index contributed by atoms with van der Waals surface area (Å²) in [5, 5.41) is 11.3. The number of carbonyl (C=O) groups excluding carboxylic acids is 1. The number of amides is 1. The van der Waals surface area contributed by atoms with Crippen molar-refractivity contribution in [3.8, 4) is 22.8 Å². The van der Waals surface area contributed by atoms with Crippen molar-refractivity contribution in [2.45, 2.75) is 45.0 Å². The number of carbonyl (C=O) groups is 1. The van der Waals surface area contributed by atoms with Crippen LogP contribution in [-0.4, -0.2) is 50.3 Å². The molecule has 1 atom stereocenters. The number of ether oxygens (including phenoxy) is 3. The summed E-state index contributed by atoms with van der Waals surface area (Å²) in [4.78, 5) is 30.2. The monoisotopic (exact) mass is 626 g/mol. The average molecular weight is 627 g/mol.